The Hall–Kier alpha value is -3.14. The lowest BCUT2D eigenvalue weighted by molar-refractivity contribution is -0.198. The molecule has 1 fully saturated rings. The standard InChI is InChI=1S/C23H25F4N5O/c1-13-3-4-18(24)14(2)20(13)21(23(25,26)27)33-19-9-15(10-30-22(19)28)16-11-31-32(12-16)17-5-7-29-8-6-17/h3-4,9-12,17,21,29H,5-8H2,1-2H3,(H2,28,30)/i1D3,2D3,5D2,6D2,7D2,8D2,17D,21D. The summed E-state index contributed by atoms with van der Waals surface area (Å²) in [4.78, 5) is 3.66. The molecule has 1 unspecified atom stereocenters. The molecule has 33 heavy (non-hydrogen) atoms. The number of nitrogens with two attached hydrogens (primary N) is 1. The molecular weight excluding hydrogens is 438 g/mol. The SMILES string of the molecule is [2H]C([2H])([2H])c1ccc(F)c(C([2H])([2H])[2H])c1C([2H])(Oc1cc(-c2cnn(C3([2H])C([2H])([2H])C([2H])([2H])NC([2H])([2H])C3([2H])[2H])c2)cnc1N)C(F)(F)F. The number of anilines is 1. The molecule has 10 heteroatoms. The maximum atomic E-state index is 14.9. The molecule has 1 aliphatic rings. The summed E-state index contributed by atoms with van der Waals surface area (Å²) in [6.45, 7) is -14.0. The first-order chi connectivity index (χ1) is 21.8. The van der Waals surface area contributed by atoms with Crippen LogP contribution < -0.4 is 15.8 Å². The zero-order chi connectivity index (χ0) is 37.8. The molecule has 1 aromatic carbocycles. The van der Waals surface area contributed by atoms with Gasteiger partial charge in [-0.2, -0.15) is 18.3 Å². The fraction of sp³-hybridized carbons (Fsp3) is 0.391. The number of pyridine rings is 1. The first-order valence-corrected chi connectivity index (χ1v) is 8.98. The van der Waals surface area contributed by atoms with Crippen LogP contribution in [0.15, 0.2) is 36.8 Å². The highest BCUT2D eigenvalue weighted by molar-refractivity contribution is 5.66. The van der Waals surface area contributed by atoms with E-state index >= 15 is 0 Å². The Morgan fingerprint density at radius 1 is 1.30 bits per heavy atom. The molecule has 3 aromatic rings. The van der Waals surface area contributed by atoms with E-state index in [9.17, 15) is 17.6 Å². The highest BCUT2D eigenvalue weighted by Gasteiger charge is 2.45. The molecule has 1 saturated heterocycles. The van der Waals surface area contributed by atoms with E-state index in [-0.39, 0.29) is 15.8 Å². The van der Waals surface area contributed by atoms with Gasteiger partial charge in [-0.25, -0.2) is 9.37 Å². The molecule has 0 bridgehead atoms. The molecule has 1 aliphatic heterocycles. The van der Waals surface area contributed by atoms with Gasteiger partial charge in [0.05, 0.1) is 15.0 Å². The summed E-state index contributed by atoms with van der Waals surface area (Å²) in [6, 6.07) is -2.14. The molecule has 6 nitrogen and oxygen atoms in total. The molecular formula is C23H25F4N5O. The van der Waals surface area contributed by atoms with E-state index in [4.69, 9.17) is 32.4 Å². The van der Waals surface area contributed by atoms with E-state index in [1.54, 1.807) is 5.32 Å². The van der Waals surface area contributed by atoms with Gasteiger partial charge in [0.15, 0.2) is 11.6 Å². The van der Waals surface area contributed by atoms with Crippen LogP contribution in [0.1, 0.15) is 63.5 Å². The van der Waals surface area contributed by atoms with Crippen molar-refractivity contribution in [2.45, 2.75) is 44.7 Å². The number of alkyl halides is 3. The van der Waals surface area contributed by atoms with Gasteiger partial charge in [-0.15, -0.1) is 0 Å². The number of rotatable bonds is 5. The van der Waals surface area contributed by atoms with Crippen molar-refractivity contribution in [3.05, 3.63) is 59.3 Å². The van der Waals surface area contributed by atoms with Gasteiger partial charge in [0.1, 0.15) is 5.82 Å². The van der Waals surface area contributed by atoms with Gasteiger partial charge in [0.25, 0.3) is 0 Å². The summed E-state index contributed by atoms with van der Waals surface area (Å²) in [5.74, 6) is -3.80. The van der Waals surface area contributed by atoms with Crippen LogP contribution in [-0.4, -0.2) is 33.9 Å². The lowest BCUT2D eigenvalue weighted by Crippen LogP contribution is -2.29. The van der Waals surface area contributed by atoms with Crippen molar-refractivity contribution in [2.24, 2.45) is 0 Å². The smallest absolute Gasteiger partial charge is 0.429 e. The van der Waals surface area contributed by atoms with Crippen LogP contribution in [0, 0.1) is 19.5 Å². The monoisotopic (exact) mass is 479 g/mol. The van der Waals surface area contributed by atoms with Crippen LogP contribution in [0.25, 0.3) is 11.1 Å². The molecule has 0 radical (unpaired) electrons. The number of halogens is 4. The molecule has 1 atom stereocenters. The van der Waals surface area contributed by atoms with Gasteiger partial charge in [-0.3, -0.25) is 4.68 Å². The number of nitrogens with one attached hydrogen (secondary N) is 1. The highest BCUT2D eigenvalue weighted by atomic mass is 19.4. The lowest BCUT2D eigenvalue weighted by Gasteiger charge is -2.26. The van der Waals surface area contributed by atoms with E-state index in [0.717, 1.165) is 18.6 Å². The molecule has 3 N–H and O–H groups in total. The minimum atomic E-state index is -5.98. The number of nitrogen functional groups attached to an aromatic ring is 1. The third-order valence-electron chi connectivity index (χ3n) is 4.36. The van der Waals surface area contributed by atoms with Crippen molar-refractivity contribution in [1.29, 1.82) is 0 Å². The Morgan fingerprint density at radius 3 is 2.79 bits per heavy atom. The van der Waals surface area contributed by atoms with Crippen molar-refractivity contribution < 1.29 is 44.2 Å². The minimum Gasteiger partial charge on any atom is -0.472 e. The zero-order valence-electron chi connectivity index (χ0n) is 32.3. The molecule has 176 valence electrons. The van der Waals surface area contributed by atoms with E-state index in [0.29, 0.717) is 18.2 Å². The predicted octanol–water partition coefficient (Wildman–Crippen LogP) is 4.89. The van der Waals surface area contributed by atoms with Crippen LogP contribution in [0.5, 0.6) is 5.75 Å². The van der Waals surface area contributed by atoms with Crippen LogP contribution in [0.2, 0.25) is 0 Å². The van der Waals surface area contributed by atoms with Crippen molar-refractivity contribution in [2.75, 3.05) is 18.7 Å². The topological polar surface area (TPSA) is 78.0 Å². The molecule has 4 rings (SSSR count). The molecule has 0 spiro atoms. The average molecular weight is 480 g/mol. The summed E-state index contributed by atoms with van der Waals surface area (Å²) < 4.78 is 193. The molecule has 3 heterocycles. The van der Waals surface area contributed by atoms with Gasteiger partial charge >= 0.3 is 6.18 Å². The van der Waals surface area contributed by atoms with Crippen LogP contribution in [0.4, 0.5) is 23.4 Å². The second-order valence-electron chi connectivity index (χ2n) is 6.53. The summed E-state index contributed by atoms with van der Waals surface area (Å²) >= 11 is 0. The summed E-state index contributed by atoms with van der Waals surface area (Å²) in [6.07, 6.45) is -15.3. The summed E-state index contributed by atoms with van der Waals surface area (Å²) in [5.41, 5.74) is 0.0616. The Morgan fingerprint density at radius 2 is 2.09 bits per heavy atom. The number of hydrogen-bond acceptors (Lipinski definition) is 5. The average Bonchev–Trinajstić information content (AvgIpc) is 3.40. The van der Waals surface area contributed by atoms with Crippen molar-refractivity contribution in [3.63, 3.8) is 0 Å². The molecule has 0 aliphatic carbocycles. The van der Waals surface area contributed by atoms with E-state index in [1.807, 2.05) is 0 Å². The van der Waals surface area contributed by atoms with E-state index in [1.165, 1.54) is 0 Å². The van der Waals surface area contributed by atoms with Gasteiger partial charge in [-0.1, -0.05) is 6.07 Å². The number of benzene rings is 1. The quantitative estimate of drug-likeness (QED) is 0.510. The van der Waals surface area contributed by atoms with Gasteiger partial charge in [0.2, 0.25) is 6.08 Å². The maximum Gasteiger partial charge on any atom is 0.429 e. The van der Waals surface area contributed by atoms with Gasteiger partial charge in [-0.05, 0) is 62.7 Å². The number of ether oxygens (including phenoxy) is 1. The number of piperidine rings is 1. The fourth-order valence-corrected chi connectivity index (χ4v) is 2.82. The van der Waals surface area contributed by atoms with Crippen molar-refractivity contribution in [3.8, 4) is 16.9 Å². The lowest BCUT2D eigenvalue weighted by atomic mass is 9.97. The first-order valence-electron chi connectivity index (χ1n) is 17.0. The summed E-state index contributed by atoms with van der Waals surface area (Å²) in [5, 5.41) is 5.29. The Balaban J connectivity index is 1.92. The van der Waals surface area contributed by atoms with Crippen LogP contribution in [-0.2, 0) is 0 Å². The number of aromatic nitrogens is 3. The Labute approximate surface area is 211 Å². The highest BCUT2D eigenvalue weighted by Crippen LogP contribution is 2.41. The van der Waals surface area contributed by atoms with E-state index < -0.39 is 91.8 Å². The molecule has 2 aromatic heterocycles. The van der Waals surface area contributed by atoms with Crippen LogP contribution >= 0.6 is 0 Å². The van der Waals surface area contributed by atoms with Gasteiger partial charge in [0, 0.05) is 48.3 Å². The number of aryl methyl sites for hydroxylation is 1. The van der Waals surface area contributed by atoms with Gasteiger partial charge < -0.3 is 15.8 Å². The Kier molecular flexibility index (Phi) is 2.84. The Bertz CT molecular complexity index is 1750. The van der Waals surface area contributed by atoms with E-state index in [2.05, 4.69) is 10.1 Å². The third-order valence-corrected chi connectivity index (χ3v) is 4.36. The summed E-state index contributed by atoms with van der Waals surface area (Å²) in [7, 11) is 0. The second-order valence-corrected chi connectivity index (χ2v) is 6.53. The maximum absolute atomic E-state index is 14.9. The zero-order valence-corrected chi connectivity index (χ0v) is 16.3. The minimum absolute atomic E-state index is 0.262. The van der Waals surface area contributed by atoms with Crippen molar-refractivity contribution >= 4 is 5.82 Å². The molecule has 0 saturated carbocycles. The second kappa shape index (κ2) is 9.01. The number of nitrogens with zero attached hydrogens (tertiary/aromatic N) is 3. The normalized spacial score (nSPS) is 32.0. The van der Waals surface area contributed by atoms with Crippen molar-refractivity contribution in [1.82, 2.24) is 20.1 Å². The number of hydrogen-bond donors (Lipinski definition) is 2. The molecule has 0 amide bonds. The first kappa shape index (κ1) is 10.4. The van der Waals surface area contributed by atoms with Crippen LogP contribution in [0.3, 0.4) is 0 Å². The largest absolute Gasteiger partial charge is 0.472 e. The third kappa shape index (κ3) is 4.80. The fourth-order valence-electron chi connectivity index (χ4n) is 2.82. The predicted molar refractivity (Wildman–Crippen MR) is 116 cm³/mol.